The molecule has 2 heterocycles. The van der Waals surface area contributed by atoms with Gasteiger partial charge in [0.15, 0.2) is 0 Å². The first kappa shape index (κ1) is 18.0. The van der Waals surface area contributed by atoms with Gasteiger partial charge < -0.3 is 9.64 Å². The van der Waals surface area contributed by atoms with Gasteiger partial charge >= 0.3 is 0 Å². The van der Waals surface area contributed by atoms with Crippen LogP contribution in [-0.4, -0.2) is 60.1 Å². The second kappa shape index (κ2) is 8.53. The Bertz CT molecular complexity index is 589. The third kappa shape index (κ3) is 4.12. The number of ether oxygens (including phenoxy) is 1. The SMILES string of the molecule is O=C(CN1CCCCC1Cc1ccccc1)N1CCOC2CCCCC21. The molecule has 0 N–H and O–H groups in total. The maximum atomic E-state index is 13.1. The smallest absolute Gasteiger partial charge is 0.237 e. The Labute approximate surface area is 157 Å². The maximum Gasteiger partial charge on any atom is 0.237 e. The number of carbonyl (C=O) groups excluding carboxylic acids is 1. The number of hydrogen-bond acceptors (Lipinski definition) is 3. The van der Waals surface area contributed by atoms with Gasteiger partial charge in [0.25, 0.3) is 0 Å². The molecule has 3 atom stereocenters. The Balaban J connectivity index is 1.39. The zero-order valence-corrected chi connectivity index (χ0v) is 15.8. The van der Waals surface area contributed by atoms with Crippen molar-refractivity contribution in [3.8, 4) is 0 Å². The van der Waals surface area contributed by atoms with Crippen LogP contribution in [0.3, 0.4) is 0 Å². The first-order chi connectivity index (χ1) is 12.8. The van der Waals surface area contributed by atoms with Crippen molar-refractivity contribution in [2.75, 3.05) is 26.2 Å². The lowest BCUT2D eigenvalue weighted by molar-refractivity contribution is -0.151. The van der Waals surface area contributed by atoms with Crippen molar-refractivity contribution in [2.24, 2.45) is 0 Å². The molecular formula is C22H32N2O2. The van der Waals surface area contributed by atoms with E-state index < -0.39 is 0 Å². The highest BCUT2D eigenvalue weighted by Gasteiger charge is 2.37. The number of likely N-dealkylation sites (tertiary alicyclic amines) is 1. The van der Waals surface area contributed by atoms with Gasteiger partial charge in [-0.3, -0.25) is 9.69 Å². The number of piperidine rings is 1. The highest BCUT2D eigenvalue weighted by atomic mass is 16.5. The van der Waals surface area contributed by atoms with Gasteiger partial charge in [-0.15, -0.1) is 0 Å². The Morgan fingerprint density at radius 1 is 1.00 bits per heavy atom. The zero-order valence-electron chi connectivity index (χ0n) is 15.8. The van der Waals surface area contributed by atoms with E-state index in [0.29, 0.717) is 31.1 Å². The minimum absolute atomic E-state index is 0.280. The van der Waals surface area contributed by atoms with Crippen LogP contribution in [0.2, 0.25) is 0 Å². The summed E-state index contributed by atoms with van der Waals surface area (Å²) in [5.74, 6) is 0.324. The van der Waals surface area contributed by atoms with Crippen molar-refractivity contribution in [2.45, 2.75) is 69.6 Å². The molecule has 3 aliphatic rings. The van der Waals surface area contributed by atoms with Crippen molar-refractivity contribution in [3.05, 3.63) is 35.9 Å². The first-order valence-electron chi connectivity index (χ1n) is 10.5. The fraction of sp³-hybridized carbons (Fsp3) is 0.682. The quantitative estimate of drug-likeness (QED) is 0.830. The molecule has 0 aromatic heterocycles. The van der Waals surface area contributed by atoms with Crippen LogP contribution in [0.1, 0.15) is 50.5 Å². The van der Waals surface area contributed by atoms with Gasteiger partial charge in [0.2, 0.25) is 5.91 Å². The molecule has 26 heavy (non-hydrogen) atoms. The van der Waals surface area contributed by atoms with Gasteiger partial charge in [-0.2, -0.15) is 0 Å². The van der Waals surface area contributed by atoms with Gasteiger partial charge in [0, 0.05) is 12.6 Å². The summed E-state index contributed by atoms with van der Waals surface area (Å²) >= 11 is 0. The van der Waals surface area contributed by atoms with Gasteiger partial charge in [0.05, 0.1) is 25.3 Å². The largest absolute Gasteiger partial charge is 0.374 e. The fourth-order valence-corrected chi connectivity index (χ4v) is 5.06. The van der Waals surface area contributed by atoms with Crippen LogP contribution < -0.4 is 0 Å². The van der Waals surface area contributed by atoms with E-state index in [9.17, 15) is 4.79 Å². The number of rotatable bonds is 4. The van der Waals surface area contributed by atoms with Crippen LogP contribution in [0.25, 0.3) is 0 Å². The Kier molecular flexibility index (Phi) is 5.91. The summed E-state index contributed by atoms with van der Waals surface area (Å²) in [5, 5.41) is 0. The van der Waals surface area contributed by atoms with Gasteiger partial charge in [-0.05, 0) is 44.2 Å². The summed E-state index contributed by atoms with van der Waals surface area (Å²) < 4.78 is 5.94. The molecule has 142 valence electrons. The molecule has 1 aliphatic carbocycles. The molecule has 0 bridgehead atoms. The lowest BCUT2D eigenvalue weighted by Crippen LogP contribution is -2.57. The van der Waals surface area contributed by atoms with Crippen LogP contribution in [0.5, 0.6) is 0 Å². The van der Waals surface area contributed by atoms with E-state index >= 15 is 0 Å². The highest BCUT2D eigenvalue weighted by molar-refractivity contribution is 5.79. The molecule has 1 saturated carbocycles. The van der Waals surface area contributed by atoms with Crippen molar-refractivity contribution >= 4 is 5.91 Å². The fourth-order valence-electron chi connectivity index (χ4n) is 5.06. The summed E-state index contributed by atoms with van der Waals surface area (Å²) in [6.07, 6.45) is 9.75. The van der Waals surface area contributed by atoms with Gasteiger partial charge in [-0.1, -0.05) is 49.6 Å². The Hall–Kier alpha value is -1.39. The standard InChI is InChI=1S/C22H32N2O2/c25-22(24-14-15-26-21-12-5-4-11-20(21)24)17-23-13-7-6-10-19(23)16-18-8-2-1-3-9-18/h1-3,8-9,19-21H,4-7,10-17H2. The van der Waals surface area contributed by atoms with E-state index in [2.05, 4.69) is 40.1 Å². The molecule has 3 fully saturated rings. The molecule has 1 amide bonds. The van der Waals surface area contributed by atoms with Crippen molar-refractivity contribution in [1.29, 1.82) is 0 Å². The predicted molar refractivity (Wildman–Crippen MR) is 103 cm³/mol. The molecule has 4 heteroatoms. The molecule has 4 nitrogen and oxygen atoms in total. The topological polar surface area (TPSA) is 32.8 Å². The molecule has 1 aromatic carbocycles. The number of hydrogen-bond donors (Lipinski definition) is 0. The minimum atomic E-state index is 0.280. The van der Waals surface area contributed by atoms with Crippen molar-refractivity contribution in [3.63, 3.8) is 0 Å². The molecule has 0 spiro atoms. The normalized spacial score (nSPS) is 30.0. The van der Waals surface area contributed by atoms with Crippen LogP contribution in [0.15, 0.2) is 30.3 Å². The van der Waals surface area contributed by atoms with E-state index in [1.165, 1.54) is 37.7 Å². The lowest BCUT2D eigenvalue weighted by Gasteiger charge is -2.45. The average molecular weight is 357 g/mol. The second-order valence-corrected chi connectivity index (χ2v) is 8.16. The summed E-state index contributed by atoms with van der Waals surface area (Å²) in [6.45, 7) is 3.12. The van der Waals surface area contributed by atoms with Crippen LogP contribution in [0.4, 0.5) is 0 Å². The second-order valence-electron chi connectivity index (χ2n) is 8.16. The monoisotopic (exact) mass is 356 g/mol. The van der Waals surface area contributed by atoms with E-state index in [1.54, 1.807) is 0 Å². The van der Waals surface area contributed by atoms with Gasteiger partial charge in [0.1, 0.15) is 0 Å². The van der Waals surface area contributed by atoms with Crippen LogP contribution in [-0.2, 0) is 16.0 Å². The summed E-state index contributed by atoms with van der Waals surface area (Å²) in [7, 11) is 0. The third-order valence-corrected chi connectivity index (χ3v) is 6.45. The summed E-state index contributed by atoms with van der Waals surface area (Å²) in [4.78, 5) is 17.8. The van der Waals surface area contributed by atoms with Crippen LogP contribution >= 0.6 is 0 Å². The molecule has 2 aliphatic heterocycles. The maximum absolute atomic E-state index is 13.1. The van der Waals surface area contributed by atoms with Crippen molar-refractivity contribution < 1.29 is 9.53 Å². The van der Waals surface area contributed by atoms with Gasteiger partial charge in [-0.25, -0.2) is 0 Å². The lowest BCUT2D eigenvalue weighted by atomic mass is 9.90. The van der Waals surface area contributed by atoms with E-state index in [0.717, 1.165) is 32.4 Å². The molecule has 3 unspecified atom stereocenters. The molecule has 1 aromatic rings. The Morgan fingerprint density at radius 2 is 1.81 bits per heavy atom. The van der Waals surface area contributed by atoms with E-state index in [4.69, 9.17) is 4.74 Å². The average Bonchev–Trinajstić information content (AvgIpc) is 2.70. The number of fused-ring (bicyclic) bond motifs is 1. The molecule has 0 radical (unpaired) electrons. The summed E-state index contributed by atoms with van der Waals surface area (Å²) in [6, 6.07) is 11.5. The zero-order chi connectivity index (χ0) is 17.8. The molecule has 2 saturated heterocycles. The number of amides is 1. The molecular weight excluding hydrogens is 324 g/mol. The third-order valence-electron chi connectivity index (χ3n) is 6.45. The first-order valence-corrected chi connectivity index (χ1v) is 10.5. The number of carbonyl (C=O) groups is 1. The van der Waals surface area contributed by atoms with Crippen LogP contribution in [0, 0.1) is 0 Å². The van der Waals surface area contributed by atoms with Crippen molar-refractivity contribution in [1.82, 2.24) is 9.80 Å². The predicted octanol–water partition coefficient (Wildman–Crippen LogP) is 3.25. The Morgan fingerprint density at radius 3 is 2.69 bits per heavy atom. The summed E-state index contributed by atoms with van der Waals surface area (Å²) in [5.41, 5.74) is 1.38. The number of nitrogens with zero attached hydrogens (tertiary/aromatic N) is 2. The number of morpholine rings is 1. The minimum Gasteiger partial charge on any atom is -0.374 e. The van der Waals surface area contributed by atoms with E-state index in [-0.39, 0.29) is 6.10 Å². The molecule has 4 rings (SSSR count). The highest BCUT2D eigenvalue weighted by Crippen LogP contribution is 2.29. The van der Waals surface area contributed by atoms with E-state index in [1.807, 2.05) is 0 Å². The number of benzene rings is 1.